The monoisotopic (exact) mass is 306 g/mol. The van der Waals surface area contributed by atoms with Crippen LogP contribution in [0.4, 0.5) is 0 Å². The fourth-order valence-electron chi connectivity index (χ4n) is 1.86. The van der Waals surface area contributed by atoms with Crippen LogP contribution in [0.1, 0.15) is 30.3 Å². The highest BCUT2D eigenvalue weighted by Gasteiger charge is 2.35. The van der Waals surface area contributed by atoms with Crippen LogP contribution in [0.5, 0.6) is 0 Å². The second kappa shape index (κ2) is 5.16. The van der Waals surface area contributed by atoms with Crippen molar-refractivity contribution >= 4 is 27.3 Å². The third-order valence-electron chi connectivity index (χ3n) is 2.96. The van der Waals surface area contributed by atoms with Gasteiger partial charge in [0.25, 0.3) is 10.0 Å². The van der Waals surface area contributed by atoms with Crippen molar-refractivity contribution in [3.05, 3.63) is 11.2 Å². The topological polar surface area (TPSA) is 106 Å². The fourth-order valence-corrected chi connectivity index (χ4v) is 4.47. The number of hydrogen-bond donors (Lipinski definition) is 2. The van der Waals surface area contributed by atoms with E-state index in [1.807, 2.05) is 0 Å². The fraction of sp³-hybridized carbons (Fsp3) is 0.600. The number of nitrogens with zero attached hydrogens (tertiary/aromatic N) is 1. The first-order valence-electron chi connectivity index (χ1n) is 5.63. The van der Waals surface area contributed by atoms with Crippen molar-refractivity contribution in [1.29, 1.82) is 0 Å². The number of thiazole rings is 1. The lowest BCUT2D eigenvalue weighted by Gasteiger charge is -2.33. The Bertz CT molecular complexity index is 574. The predicted molar refractivity (Wildman–Crippen MR) is 67.9 cm³/mol. The van der Waals surface area contributed by atoms with E-state index in [-0.39, 0.29) is 4.21 Å². The summed E-state index contributed by atoms with van der Waals surface area (Å²) in [4.78, 5) is 14.5. The third kappa shape index (κ3) is 3.11. The Kier molecular flexibility index (Phi) is 3.90. The molecule has 0 aromatic carbocycles. The van der Waals surface area contributed by atoms with Crippen molar-refractivity contribution in [3.8, 4) is 0 Å². The molecule has 1 aliphatic rings. The van der Waals surface area contributed by atoms with Crippen LogP contribution in [0.15, 0.2) is 9.72 Å². The molecule has 0 unspecified atom stereocenters. The molecule has 1 fully saturated rings. The van der Waals surface area contributed by atoms with Gasteiger partial charge in [-0.1, -0.05) is 0 Å². The minimum Gasteiger partial charge on any atom is -0.476 e. The molecule has 1 aliphatic heterocycles. The van der Waals surface area contributed by atoms with Gasteiger partial charge in [-0.05, 0) is 19.8 Å². The number of aromatic nitrogens is 1. The molecule has 9 heteroatoms. The quantitative estimate of drug-likeness (QED) is 0.847. The summed E-state index contributed by atoms with van der Waals surface area (Å²) in [7, 11) is -3.88. The molecule has 7 nitrogen and oxygen atoms in total. The molecule has 0 aliphatic carbocycles. The summed E-state index contributed by atoms with van der Waals surface area (Å²) < 4.78 is 32.0. The minimum absolute atomic E-state index is 0.257. The molecular weight excluding hydrogens is 292 g/mol. The molecule has 0 bridgehead atoms. The van der Waals surface area contributed by atoms with Crippen LogP contribution in [0.25, 0.3) is 0 Å². The van der Waals surface area contributed by atoms with Gasteiger partial charge in [-0.3, -0.25) is 0 Å². The highest BCUT2D eigenvalue weighted by molar-refractivity contribution is 7.91. The number of carboxylic acid groups (broad SMARTS) is 1. The van der Waals surface area contributed by atoms with Crippen LogP contribution in [-0.2, 0) is 14.8 Å². The zero-order valence-corrected chi connectivity index (χ0v) is 11.9. The molecule has 2 N–H and O–H groups in total. The van der Waals surface area contributed by atoms with Gasteiger partial charge in [0, 0.05) is 18.8 Å². The summed E-state index contributed by atoms with van der Waals surface area (Å²) in [5.74, 6) is -1.35. The number of carboxylic acids is 1. The molecule has 2 rings (SSSR count). The molecule has 0 saturated carbocycles. The van der Waals surface area contributed by atoms with Gasteiger partial charge in [0.2, 0.25) is 0 Å². The predicted octanol–water partition coefficient (Wildman–Crippen LogP) is 0.689. The Morgan fingerprint density at radius 1 is 1.53 bits per heavy atom. The second-order valence-corrected chi connectivity index (χ2v) is 7.30. The first-order valence-corrected chi connectivity index (χ1v) is 7.99. The summed E-state index contributed by atoms with van der Waals surface area (Å²) in [6.45, 7) is 2.75. The molecular formula is C10H14N2O5S2. The lowest BCUT2D eigenvalue weighted by Crippen LogP contribution is -2.49. The summed E-state index contributed by atoms with van der Waals surface area (Å²) in [6.07, 6.45) is 1.10. The highest BCUT2D eigenvalue weighted by atomic mass is 32.2. The third-order valence-corrected chi connectivity index (χ3v) is 5.97. The van der Waals surface area contributed by atoms with Crippen LogP contribution in [0.2, 0.25) is 0 Å². The van der Waals surface area contributed by atoms with Gasteiger partial charge >= 0.3 is 5.97 Å². The molecule has 0 spiro atoms. The van der Waals surface area contributed by atoms with Crippen molar-refractivity contribution < 1.29 is 23.1 Å². The maximum Gasteiger partial charge on any atom is 0.356 e. The SMILES string of the molecule is CC1(NS(=O)(=O)c2scnc2C(=O)O)CCOCC1. The van der Waals surface area contributed by atoms with E-state index in [2.05, 4.69) is 9.71 Å². The van der Waals surface area contributed by atoms with Crippen LogP contribution >= 0.6 is 11.3 Å². The van der Waals surface area contributed by atoms with Crippen molar-refractivity contribution in [2.45, 2.75) is 29.5 Å². The number of nitrogens with one attached hydrogen (secondary N) is 1. The van der Waals surface area contributed by atoms with Gasteiger partial charge in [0.1, 0.15) is 0 Å². The summed E-state index contributed by atoms with van der Waals surface area (Å²) in [5, 5.41) is 8.92. The maximum atomic E-state index is 12.2. The Hall–Kier alpha value is -1.03. The first kappa shape index (κ1) is 14.4. The van der Waals surface area contributed by atoms with Gasteiger partial charge in [0.15, 0.2) is 9.90 Å². The Balaban J connectivity index is 2.27. The summed E-state index contributed by atoms with van der Waals surface area (Å²) in [6, 6.07) is 0. The van der Waals surface area contributed by atoms with E-state index in [1.165, 1.54) is 5.51 Å². The Morgan fingerprint density at radius 2 is 2.16 bits per heavy atom. The molecule has 1 aromatic rings. The lowest BCUT2D eigenvalue weighted by molar-refractivity contribution is 0.0537. The summed E-state index contributed by atoms with van der Waals surface area (Å²) in [5.41, 5.74) is 0.162. The standard InChI is InChI=1S/C10H14N2O5S2/c1-10(2-4-17-5-3-10)12-19(15,16)9-7(8(13)14)11-6-18-9/h6,12H,2-5H2,1H3,(H,13,14). The van der Waals surface area contributed by atoms with E-state index < -0.39 is 27.2 Å². The zero-order valence-electron chi connectivity index (χ0n) is 10.2. The van der Waals surface area contributed by atoms with Crippen molar-refractivity contribution in [2.75, 3.05) is 13.2 Å². The van der Waals surface area contributed by atoms with E-state index in [0.717, 1.165) is 11.3 Å². The van der Waals surface area contributed by atoms with Crippen LogP contribution in [-0.4, -0.2) is 43.2 Å². The molecule has 1 saturated heterocycles. The van der Waals surface area contributed by atoms with Crippen LogP contribution < -0.4 is 4.72 Å². The Morgan fingerprint density at radius 3 is 2.74 bits per heavy atom. The van der Waals surface area contributed by atoms with E-state index in [4.69, 9.17) is 9.84 Å². The van der Waals surface area contributed by atoms with Crippen molar-refractivity contribution in [1.82, 2.24) is 9.71 Å². The van der Waals surface area contributed by atoms with Gasteiger partial charge in [-0.15, -0.1) is 11.3 Å². The number of aromatic carboxylic acids is 1. The molecule has 0 atom stereocenters. The van der Waals surface area contributed by atoms with Crippen molar-refractivity contribution in [3.63, 3.8) is 0 Å². The van der Waals surface area contributed by atoms with Gasteiger partial charge < -0.3 is 9.84 Å². The molecule has 2 heterocycles. The average molecular weight is 306 g/mol. The number of hydrogen-bond acceptors (Lipinski definition) is 6. The molecule has 106 valence electrons. The van der Waals surface area contributed by atoms with Crippen LogP contribution in [0.3, 0.4) is 0 Å². The first-order chi connectivity index (χ1) is 8.84. The molecule has 0 amide bonds. The Labute approximate surface area is 114 Å². The van der Waals surface area contributed by atoms with Gasteiger partial charge in [-0.25, -0.2) is 22.9 Å². The lowest BCUT2D eigenvalue weighted by atomic mass is 9.94. The number of sulfonamides is 1. The maximum absolute atomic E-state index is 12.2. The number of rotatable bonds is 4. The highest BCUT2D eigenvalue weighted by Crippen LogP contribution is 2.26. The average Bonchev–Trinajstić information content (AvgIpc) is 2.78. The van der Waals surface area contributed by atoms with E-state index >= 15 is 0 Å². The second-order valence-electron chi connectivity index (χ2n) is 4.57. The smallest absolute Gasteiger partial charge is 0.356 e. The number of carbonyl (C=O) groups is 1. The molecule has 0 radical (unpaired) electrons. The van der Waals surface area contributed by atoms with Crippen LogP contribution in [0, 0.1) is 0 Å². The largest absolute Gasteiger partial charge is 0.476 e. The number of ether oxygens (including phenoxy) is 1. The van der Waals surface area contributed by atoms with E-state index in [1.54, 1.807) is 6.92 Å². The normalized spacial score (nSPS) is 19.2. The zero-order chi connectivity index (χ0) is 14.1. The van der Waals surface area contributed by atoms with E-state index in [9.17, 15) is 13.2 Å². The van der Waals surface area contributed by atoms with Gasteiger partial charge in [0.05, 0.1) is 5.51 Å². The van der Waals surface area contributed by atoms with Crippen molar-refractivity contribution in [2.24, 2.45) is 0 Å². The molecule has 1 aromatic heterocycles. The van der Waals surface area contributed by atoms with Gasteiger partial charge in [-0.2, -0.15) is 0 Å². The molecule has 19 heavy (non-hydrogen) atoms. The van der Waals surface area contributed by atoms with E-state index in [0.29, 0.717) is 26.1 Å². The summed E-state index contributed by atoms with van der Waals surface area (Å²) >= 11 is 0.798. The minimum atomic E-state index is -3.88.